The normalized spacial score (nSPS) is 12.9. The molecule has 0 aliphatic rings. The van der Waals surface area contributed by atoms with Gasteiger partial charge in [0, 0.05) is 15.3 Å². The Morgan fingerprint density at radius 1 is 1.06 bits per heavy atom. The lowest BCUT2D eigenvalue weighted by Crippen LogP contribution is -2.12. The minimum atomic E-state index is 0.0508. The van der Waals surface area contributed by atoms with E-state index in [1.165, 1.54) is 9.75 Å². The van der Waals surface area contributed by atoms with Gasteiger partial charge >= 0.3 is 0 Å². The van der Waals surface area contributed by atoms with Gasteiger partial charge in [-0.25, -0.2) is 0 Å². The van der Waals surface area contributed by atoms with Gasteiger partial charge in [-0.3, -0.25) is 4.79 Å². The number of rotatable bonds is 1. The topological polar surface area (TPSA) is 17.1 Å². The molecule has 0 N–H and O–H groups in total. The molecule has 1 heterocycles. The van der Waals surface area contributed by atoms with Crippen molar-refractivity contribution in [1.82, 2.24) is 0 Å². The van der Waals surface area contributed by atoms with E-state index in [1.54, 1.807) is 18.3 Å². The number of hydrogen-bond donors (Lipinski definition) is 0. The van der Waals surface area contributed by atoms with Gasteiger partial charge in [0.1, 0.15) is 0 Å². The minimum absolute atomic E-state index is 0.0508. The Bertz CT molecular complexity index is 399. The molecule has 0 fully saturated rings. The molecule has 0 aliphatic heterocycles. The lowest BCUT2D eigenvalue weighted by Gasteiger charge is -2.19. The van der Waals surface area contributed by atoms with Crippen molar-refractivity contribution in [2.45, 2.75) is 59.3 Å². The summed E-state index contributed by atoms with van der Waals surface area (Å²) in [6, 6.07) is 2.08. The van der Waals surface area contributed by atoms with Crippen molar-refractivity contribution in [3.05, 3.63) is 21.4 Å². The largest absolute Gasteiger partial charge is 0.294 e. The molecule has 0 aromatic carbocycles. The summed E-state index contributed by atoms with van der Waals surface area (Å²) < 4.78 is 0. The van der Waals surface area contributed by atoms with Crippen LogP contribution in [0.25, 0.3) is 0 Å². The van der Waals surface area contributed by atoms with E-state index in [0.717, 1.165) is 5.56 Å². The third-order valence-corrected chi connectivity index (χ3v) is 4.52. The number of carbonyl (C=O) groups excluding carboxylic acids is 1. The van der Waals surface area contributed by atoms with Crippen LogP contribution < -0.4 is 0 Å². The second-order valence-corrected chi connectivity index (χ2v) is 7.46. The van der Waals surface area contributed by atoms with Crippen LogP contribution in [-0.4, -0.2) is 5.78 Å². The molecule has 0 saturated carbocycles. The first-order chi connectivity index (χ1) is 7.03. The zero-order valence-electron chi connectivity index (χ0n) is 11.4. The number of hydrogen-bond acceptors (Lipinski definition) is 2. The highest BCUT2D eigenvalue weighted by atomic mass is 32.1. The van der Waals surface area contributed by atoms with Gasteiger partial charge in [-0.2, -0.15) is 0 Å². The lowest BCUT2D eigenvalue weighted by atomic mass is 9.89. The highest BCUT2D eigenvalue weighted by molar-refractivity contribution is 7.12. The Balaban J connectivity index is 3.38. The molecule has 1 aromatic rings. The maximum absolute atomic E-state index is 11.7. The van der Waals surface area contributed by atoms with Crippen LogP contribution in [0.15, 0.2) is 6.07 Å². The highest BCUT2D eigenvalue weighted by Crippen LogP contribution is 2.38. The summed E-state index contributed by atoms with van der Waals surface area (Å²) in [5.74, 6) is 0.177. The monoisotopic (exact) mass is 238 g/mol. The smallest absolute Gasteiger partial charge is 0.160 e. The molecule has 0 radical (unpaired) electrons. The van der Waals surface area contributed by atoms with Gasteiger partial charge in [0.05, 0.1) is 0 Å². The summed E-state index contributed by atoms with van der Waals surface area (Å²) in [4.78, 5) is 14.2. The third kappa shape index (κ3) is 2.73. The Hall–Kier alpha value is -0.630. The second kappa shape index (κ2) is 3.99. The molecule has 1 rings (SSSR count). The Morgan fingerprint density at radius 2 is 1.56 bits per heavy atom. The van der Waals surface area contributed by atoms with E-state index in [-0.39, 0.29) is 16.6 Å². The predicted octanol–water partition coefficient (Wildman–Crippen LogP) is 4.55. The maximum Gasteiger partial charge on any atom is 0.160 e. The molecule has 0 aliphatic carbocycles. The maximum atomic E-state index is 11.7. The average Bonchev–Trinajstić information content (AvgIpc) is 2.44. The predicted molar refractivity (Wildman–Crippen MR) is 71.7 cm³/mol. The first-order valence-electron chi connectivity index (χ1n) is 5.69. The summed E-state index contributed by atoms with van der Waals surface area (Å²) in [7, 11) is 0. The quantitative estimate of drug-likeness (QED) is 0.656. The Labute approximate surface area is 103 Å². The number of Topliss-reactive ketones (excluding diaryl/α,β-unsaturated/α-hetero) is 1. The summed E-state index contributed by atoms with van der Waals surface area (Å²) in [5.41, 5.74) is 1.08. The molecule has 0 bridgehead atoms. The summed E-state index contributed by atoms with van der Waals surface area (Å²) in [6.07, 6.45) is 0. The van der Waals surface area contributed by atoms with Crippen LogP contribution in [0.2, 0.25) is 0 Å². The van der Waals surface area contributed by atoms with Gasteiger partial charge in [0.2, 0.25) is 0 Å². The standard InChI is InChI=1S/C14H22OS/c1-9(15)10-8-11(13(2,3)4)16-12(10)14(5,6)7/h8H,1-7H3. The van der Waals surface area contributed by atoms with Crippen LogP contribution in [0.4, 0.5) is 0 Å². The molecule has 0 unspecified atom stereocenters. The van der Waals surface area contributed by atoms with Gasteiger partial charge in [-0.05, 0) is 23.8 Å². The van der Waals surface area contributed by atoms with Gasteiger partial charge in [0.25, 0.3) is 0 Å². The number of carbonyl (C=O) groups is 1. The summed E-state index contributed by atoms with van der Waals surface area (Å²) in [6.45, 7) is 14.7. The Kier molecular flexibility index (Phi) is 3.35. The van der Waals surface area contributed by atoms with E-state index in [9.17, 15) is 4.79 Å². The van der Waals surface area contributed by atoms with E-state index in [4.69, 9.17) is 0 Å². The SMILES string of the molecule is CC(=O)c1cc(C(C)(C)C)sc1C(C)(C)C. The van der Waals surface area contributed by atoms with E-state index < -0.39 is 0 Å². The van der Waals surface area contributed by atoms with Gasteiger partial charge < -0.3 is 0 Å². The summed E-state index contributed by atoms with van der Waals surface area (Å²) >= 11 is 1.78. The van der Waals surface area contributed by atoms with E-state index in [2.05, 4.69) is 47.6 Å². The van der Waals surface area contributed by atoms with Gasteiger partial charge in [0.15, 0.2) is 5.78 Å². The molecule has 0 atom stereocenters. The van der Waals surface area contributed by atoms with E-state index in [0.29, 0.717) is 0 Å². The van der Waals surface area contributed by atoms with Crippen molar-refractivity contribution in [3.63, 3.8) is 0 Å². The van der Waals surface area contributed by atoms with Gasteiger partial charge in [-0.1, -0.05) is 41.5 Å². The van der Waals surface area contributed by atoms with Crippen LogP contribution in [0.5, 0.6) is 0 Å². The molecular weight excluding hydrogens is 216 g/mol. The molecule has 90 valence electrons. The zero-order chi connectivity index (χ0) is 12.7. The van der Waals surface area contributed by atoms with Crippen molar-refractivity contribution < 1.29 is 4.79 Å². The molecular formula is C14H22OS. The fourth-order valence-corrected chi connectivity index (χ4v) is 2.90. The minimum Gasteiger partial charge on any atom is -0.294 e. The van der Waals surface area contributed by atoms with Crippen LogP contribution in [-0.2, 0) is 10.8 Å². The molecule has 1 aromatic heterocycles. The van der Waals surface area contributed by atoms with E-state index >= 15 is 0 Å². The fraction of sp³-hybridized carbons (Fsp3) is 0.643. The summed E-state index contributed by atoms with van der Waals surface area (Å²) in [5, 5.41) is 0. The molecule has 0 amide bonds. The van der Waals surface area contributed by atoms with Gasteiger partial charge in [-0.15, -0.1) is 11.3 Å². The molecule has 0 spiro atoms. The second-order valence-electron chi connectivity index (χ2n) is 6.41. The zero-order valence-corrected chi connectivity index (χ0v) is 12.2. The lowest BCUT2D eigenvalue weighted by molar-refractivity contribution is 0.101. The van der Waals surface area contributed by atoms with Crippen molar-refractivity contribution >= 4 is 17.1 Å². The number of ketones is 1. The van der Waals surface area contributed by atoms with Crippen molar-refractivity contribution in [3.8, 4) is 0 Å². The van der Waals surface area contributed by atoms with Crippen LogP contribution in [0, 0.1) is 0 Å². The molecule has 2 heteroatoms. The molecule has 16 heavy (non-hydrogen) atoms. The van der Waals surface area contributed by atoms with Crippen LogP contribution in [0.1, 0.15) is 68.6 Å². The Morgan fingerprint density at radius 3 is 1.81 bits per heavy atom. The fourth-order valence-electron chi connectivity index (χ4n) is 1.58. The highest BCUT2D eigenvalue weighted by Gasteiger charge is 2.27. The van der Waals surface area contributed by atoms with Crippen molar-refractivity contribution in [1.29, 1.82) is 0 Å². The van der Waals surface area contributed by atoms with E-state index in [1.807, 2.05) is 0 Å². The van der Waals surface area contributed by atoms with Crippen LogP contribution >= 0.6 is 11.3 Å². The third-order valence-electron chi connectivity index (χ3n) is 2.53. The first kappa shape index (κ1) is 13.4. The van der Waals surface area contributed by atoms with Crippen molar-refractivity contribution in [2.75, 3.05) is 0 Å². The van der Waals surface area contributed by atoms with Crippen molar-refractivity contribution in [2.24, 2.45) is 0 Å². The van der Waals surface area contributed by atoms with Crippen LogP contribution in [0.3, 0.4) is 0 Å². The first-order valence-corrected chi connectivity index (χ1v) is 6.51. The molecule has 0 saturated heterocycles. The molecule has 1 nitrogen and oxygen atoms in total. The number of thiophene rings is 1. The average molecular weight is 238 g/mol.